The average Bonchev–Trinajstić information content (AvgIpc) is 1.89. The highest BCUT2D eigenvalue weighted by Crippen LogP contribution is 2.06. The van der Waals surface area contributed by atoms with Gasteiger partial charge in [-0.05, 0) is 18.4 Å². The minimum atomic E-state index is -0.846. The first kappa shape index (κ1) is 9.62. The summed E-state index contributed by atoms with van der Waals surface area (Å²) >= 11 is 1.25. The number of amides is 1. The van der Waals surface area contributed by atoms with Crippen LogP contribution in [0.15, 0.2) is 0 Å². The van der Waals surface area contributed by atoms with Gasteiger partial charge in [0.15, 0.2) is 0 Å². The Morgan fingerprint density at radius 2 is 2.30 bits per heavy atom. The predicted octanol–water partition coefficient (Wildman–Crippen LogP) is 2.04. The monoisotopic (exact) mass is 163 g/mol. The van der Waals surface area contributed by atoms with Crippen molar-refractivity contribution in [3.8, 4) is 0 Å². The van der Waals surface area contributed by atoms with Crippen LogP contribution in [-0.2, 0) is 0 Å². The van der Waals surface area contributed by atoms with E-state index in [0.29, 0.717) is 6.54 Å². The van der Waals surface area contributed by atoms with Gasteiger partial charge < -0.3 is 5.11 Å². The summed E-state index contributed by atoms with van der Waals surface area (Å²) in [4.78, 5) is 10.3. The lowest BCUT2D eigenvalue weighted by Gasteiger charge is -2.13. The van der Waals surface area contributed by atoms with Crippen LogP contribution in [0.25, 0.3) is 0 Å². The first-order valence-electron chi connectivity index (χ1n) is 3.27. The third-order valence-electron chi connectivity index (χ3n) is 1.15. The van der Waals surface area contributed by atoms with E-state index >= 15 is 0 Å². The molecule has 60 valence electrons. The van der Waals surface area contributed by atoms with Gasteiger partial charge in [0.05, 0.1) is 0 Å². The Kier molecular flexibility index (Phi) is 5.20. The minimum absolute atomic E-state index is 0.632. The summed E-state index contributed by atoms with van der Waals surface area (Å²) in [5.74, 6) is 0. The van der Waals surface area contributed by atoms with Crippen LogP contribution in [0.3, 0.4) is 0 Å². The zero-order chi connectivity index (χ0) is 7.98. The van der Waals surface area contributed by atoms with Gasteiger partial charge in [-0.3, -0.25) is 4.31 Å². The zero-order valence-electron chi connectivity index (χ0n) is 6.33. The van der Waals surface area contributed by atoms with Crippen LogP contribution in [0.2, 0.25) is 0 Å². The van der Waals surface area contributed by atoms with E-state index < -0.39 is 6.09 Å². The molecule has 0 aromatic rings. The summed E-state index contributed by atoms with van der Waals surface area (Å²) in [6, 6.07) is 0. The molecule has 0 fully saturated rings. The number of carboxylic acid groups (broad SMARTS) is 1. The van der Waals surface area contributed by atoms with Crippen molar-refractivity contribution in [2.24, 2.45) is 0 Å². The smallest absolute Gasteiger partial charge is 0.417 e. The van der Waals surface area contributed by atoms with Crippen LogP contribution in [0, 0.1) is 0 Å². The molecule has 0 rings (SSSR count). The molecule has 0 aliphatic heterocycles. The van der Waals surface area contributed by atoms with Crippen molar-refractivity contribution in [3.05, 3.63) is 0 Å². The SMILES string of the molecule is CCCCN(SC)C(=O)O. The number of rotatable bonds is 4. The Morgan fingerprint density at radius 3 is 2.60 bits per heavy atom. The van der Waals surface area contributed by atoms with Crippen molar-refractivity contribution in [1.82, 2.24) is 4.31 Å². The number of hydrogen-bond acceptors (Lipinski definition) is 2. The van der Waals surface area contributed by atoms with Crippen LogP contribution in [-0.4, -0.2) is 28.3 Å². The summed E-state index contributed by atoms with van der Waals surface area (Å²) in [5.41, 5.74) is 0. The minimum Gasteiger partial charge on any atom is -0.464 e. The molecule has 0 radical (unpaired) electrons. The second-order valence-corrected chi connectivity index (χ2v) is 2.73. The molecule has 1 amide bonds. The van der Waals surface area contributed by atoms with Crippen LogP contribution in [0.5, 0.6) is 0 Å². The molecule has 0 aromatic heterocycles. The molecule has 0 bridgehead atoms. The van der Waals surface area contributed by atoms with Crippen molar-refractivity contribution in [2.75, 3.05) is 12.8 Å². The van der Waals surface area contributed by atoms with Gasteiger partial charge in [0.1, 0.15) is 0 Å². The number of hydrogen-bond donors (Lipinski definition) is 1. The lowest BCUT2D eigenvalue weighted by atomic mass is 10.3. The van der Waals surface area contributed by atoms with Crippen molar-refractivity contribution in [1.29, 1.82) is 0 Å². The largest absolute Gasteiger partial charge is 0.464 e. The number of carbonyl (C=O) groups is 1. The molecule has 0 heterocycles. The van der Waals surface area contributed by atoms with Gasteiger partial charge >= 0.3 is 6.09 Å². The van der Waals surface area contributed by atoms with E-state index in [1.54, 1.807) is 6.26 Å². The molecule has 3 nitrogen and oxygen atoms in total. The first-order chi connectivity index (χ1) is 4.72. The van der Waals surface area contributed by atoms with Crippen LogP contribution >= 0.6 is 11.9 Å². The Bertz CT molecular complexity index is 108. The molecule has 10 heavy (non-hydrogen) atoms. The lowest BCUT2D eigenvalue weighted by molar-refractivity contribution is 0.175. The molecule has 0 unspecified atom stereocenters. The van der Waals surface area contributed by atoms with Crippen molar-refractivity contribution >= 4 is 18.0 Å². The summed E-state index contributed by atoms with van der Waals surface area (Å²) in [5, 5.41) is 8.50. The molecule has 0 aromatic carbocycles. The van der Waals surface area contributed by atoms with Crippen LogP contribution in [0.4, 0.5) is 4.79 Å². The highest BCUT2D eigenvalue weighted by atomic mass is 32.2. The molecular formula is C6H13NO2S. The lowest BCUT2D eigenvalue weighted by Crippen LogP contribution is -2.22. The highest BCUT2D eigenvalue weighted by Gasteiger charge is 2.07. The molecule has 0 spiro atoms. The molecule has 4 heteroatoms. The predicted molar refractivity (Wildman–Crippen MR) is 43.2 cm³/mol. The standard InChI is InChI=1S/C6H13NO2S/c1-3-4-5-7(10-2)6(8)9/h3-5H2,1-2H3,(H,8,9). The van der Waals surface area contributed by atoms with Gasteiger partial charge in [-0.2, -0.15) is 0 Å². The molecule has 0 atom stereocenters. The Hall–Kier alpha value is -0.380. The van der Waals surface area contributed by atoms with E-state index in [-0.39, 0.29) is 0 Å². The highest BCUT2D eigenvalue weighted by molar-refractivity contribution is 7.96. The van der Waals surface area contributed by atoms with Gasteiger partial charge in [-0.15, -0.1) is 0 Å². The van der Waals surface area contributed by atoms with E-state index in [4.69, 9.17) is 5.11 Å². The average molecular weight is 163 g/mol. The summed E-state index contributed by atoms with van der Waals surface area (Å²) in [7, 11) is 0. The molecule has 1 N–H and O–H groups in total. The van der Waals surface area contributed by atoms with Gasteiger partial charge in [0.25, 0.3) is 0 Å². The van der Waals surface area contributed by atoms with E-state index in [1.807, 2.05) is 6.92 Å². The van der Waals surface area contributed by atoms with Crippen molar-refractivity contribution < 1.29 is 9.90 Å². The number of nitrogens with zero attached hydrogens (tertiary/aromatic N) is 1. The fourth-order valence-electron chi connectivity index (χ4n) is 0.567. The van der Waals surface area contributed by atoms with E-state index in [0.717, 1.165) is 12.8 Å². The van der Waals surface area contributed by atoms with E-state index in [9.17, 15) is 4.79 Å². The maximum Gasteiger partial charge on any atom is 0.417 e. The Balaban J connectivity index is 3.50. The van der Waals surface area contributed by atoms with Gasteiger partial charge in [0, 0.05) is 12.8 Å². The fraction of sp³-hybridized carbons (Fsp3) is 0.833. The Morgan fingerprint density at radius 1 is 1.70 bits per heavy atom. The summed E-state index contributed by atoms with van der Waals surface area (Å²) < 4.78 is 1.34. The molecule has 0 aliphatic carbocycles. The molecule has 0 aliphatic rings. The third-order valence-corrected chi connectivity index (χ3v) is 1.93. The second kappa shape index (κ2) is 5.41. The second-order valence-electron chi connectivity index (χ2n) is 1.92. The van der Waals surface area contributed by atoms with Crippen molar-refractivity contribution in [2.45, 2.75) is 19.8 Å². The summed E-state index contributed by atoms with van der Waals surface area (Å²) in [6.07, 6.45) is 2.89. The zero-order valence-corrected chi connectivity index (χ0v) is 7.15. The molecule has 0 saturated carbocycles. The maximum atomic E-state index is 10.3. The fourth-order valence-corrected chi connectivity index (χ4v) is 1.03. The van der Waals surface area contributed by atoms with Gasteiger partial charge in [-0.1, -0.05) is 13.3 Å². The van der Waals surface area contributed by atoms with E-state index in [1.165, 1.54) is 16.3 Å². The first-order valence-corrected chi connectivity index (χ1v) is 4.45. The van der Waals surface area contributed by atoms with Gasteiger partial charge in [0.2, 0.25) is 0 Å². The third kappa shape index (κ3) is 3.61. The molecule has 0 saturated heterocycles. The quantitative estimate of drug-likeness (QED) is 0.645. The summed E-state index contributed by atoms with van der Waals surface area (Å²) in [6.45, 7) is 2.67. The molecular weight excluding hydrogens is 150 g/mol. The number of unbranched alkanes of at least 4 members (excludes halogenated alkanes) is 1. The topological polar surface area (TPSA) is 40.5 Å². The maximum absolute atomic E-state index is 10.3. The Labute approximate surface area is 65.5 Å². The van der Waals surface area contributed by atoms with Crippen LogP contribution in [0.1, 0.15) is 19.8 Å². The van der Waals surface area contributed by atoms with Crippen molar-refractivity contribution in [3.63, 3.8) is 0 Å². The normalized spacial score (nSPS) is 9.40. The van der Waals surface area contributed by atoms with E-state index in [2.05, 4.69) is 0 Å². The van der Waals surface area contributed by atoms with Gasteiger partial charge in [-0.25, -0.2) is 4.79 Å². The van der Waals surface area contributed by atoms with Crippen LogP contribution < -0.4 is 0 Å².